The van der Waals surface area contributed by atoms with Gasteiger partial charge in [0.1, 0.15) is 5.75 Å². The molecule has 9 heteroatoms. The largest absolute Gasteiger partial charge is 0.507 e. The normalized spacial score (nSPS) is 15.4. The van der Waals surface area contributed by atoms with E-state index < -0.39 is 24.7 Å². The summed E-state index contributed by atoms with van der Waals surface area (Å²) in [6, 6.07) is 5.84. The first-order chi connectivity index (χ1) is 10.9. The van der Waals surface area contributed by atoms with Gasteiger partial charge in [-0.1, -0.05) is 12.1 Å². The van der Waals surface area contributed by atoms with Crippen molar-refractivity contribution in [3.8, 4) is 5.75 Å². The highest BCUT2D eigenvalue weighted by Crippen LogP contribution is 2.20. The second kappa shape index (κ2) is 6.97. The Morgan fingerprint density at radius 3 is 2.57 bits per heavy atom. The maximum absolute atomic E-state index is 12.1. The number of nitrogens with zero attached hydrogens (tertiary/aromatic N) is 1. The number of aliphatic hydroxyl groups is 1. The van der Waals surface area contributed by atoms with Gasteiger partial charge < -0.3 is 30.9 Å². The van der Waals surface area contributed by atoms with E-state index in [4.69, 9.17) is 10.8 Å². The van der Waals surface area contributed by atoms with E-state index in [0.29, 0.717) is 0 Å². The van der Waals surface area contributed by atoms with E-state index in [1.54, 1.807) is 12.1 Å². The van der Waals surface area contributed by atoms with E-state index in [-0.39, 0.29) is 36.4 Å². The molecule has 1 unspecified atom stereocenters. The number of rotatable bonds is 5. The van der Waals surface area contributed by atoms with Crippen LogP contribution >= 0.6 is 0 Å². The standard InChI is InChI=1S/C14H17N3O6/c15-14(22)23-11(7-18)12(20)16-8-5-17(6-8)13(21)9-3-1-2-4-10(9)19/h1-4,8,11,18-19H,5-7H2,(H2,15,22)(H,16,20). The molecular formula is C14H17N3O6. The van der Waals surface area contributed by atoms with Crippen molar-refractivity contribution in [3.05, 3.63) is 29.8 Å². The van der Waals surface area contributed by atoms with E-state index >= 15 is 0 Å². The third-order valence-corrected chi connectivity index (χ3v) is 3.37. The van der Waals surface area contributed by atoms with E-state index in [2.05, 4.69) is 10.1 Å². The average Bonchev–Trinajstić information content (AvgIpc) is 2.47. The van der Waals surface area contributed by atoms with Gasteiger partial charge in [-0.2, -0.15) is 0 Å². The molecule has 0 aliphatic carbocycles. The van der Waals surface area contributed by atoms with Gasteiger partial charge in [0.25, 0.3) is 11.8 Å². The lowest BCUT2D eigenvalue weighted by Crippen LogP contribution is -2.62. The van der Waals surface area contributed by atoms with Crippen LogP contribution in [0.15, 0.2) is 24.3 Å². The summed E-state index contributed by atoms with van der Waals surface area (Å²) in [6.45, 7) is -0.205. The summed E-state index contributed by atoms with van der Waals surface area (Å²) in [5.41, 5.74) is 4.98. The Labute approximate surface area is 131 Å². The summed E-state index contributed by atoms with van der Waals surface area (Å²) >= 11 is 0. The van der Waals surface area contributed by atoms with Crippen molar-refractivity contribution in [2.45, 2.75) is 12.1 Å². The number of nitrogens with two attached hydrogens (primary N) is 1. The number of carbonyl (C=O) groups excluding carboxylic acids is 3. The Morgan fingerprint density at radius 2 is 2.00 bits per heavy atom. The fourth-order valence-electron chi connectivity index (χ4n) is 2.17. The van der Waals surface area contributed by atoms with Crippen molar-refractivity contribution in [1.82, 2.24) is 10.2 Å². The topological polar surface area (TPSA) is 142 Å². The number of likely N-dealkylation sites (tertiary alicyclic amines) is 1. The minimum atomic E-state index is -1.38. The molecule has 1 heterocycles. The Bertz CT molecular complexity index is 614. The Balaban J connectivity index is 1.85. The Kier molecular flexibility index (Phi) is 5.02. The number of ether oxygens (including phenoxy) is 1. The molecule has 0 aromatic heterocycles. The predicted molar refractivity (Wildman–Crippen MR) is 77.5 cm³/mol. The molecule has 3 amide bonds. The number of primary amides is 1. The number of para-hydroxylation sites is 1. The second-order valence-corrected chi connectivity index (χ2v) is 5.04. The first kappa shape index (κ1) is 16.6. The highest BCUT2D eigenvalue weighted by Gasteiger charge is 2.34. The summed E-state index contributed by atoms with van der Waals surface area (Å²) in [7, 11) is 0. The highest BCUT2D eigenvalue weighted by molar-refractivity contribution is 5.97. The lowest BCUT2D eigenvalue weighted by Gasteiger charge is -2.40. The number of benzene rings is 1. The van der Waals surface area contributed by atoms with Gasteiger partial charge in [-0.15, -0.1) is 0 Å². The van der Waals surface area contributed by atoms with E-state index in [1.807, 2.05) is 0 Å². The van der Waals surface area contributed by atoms with Crippen molar-refractivity contribution in [2.24, 2.45) is 5.73 Å². The van der Waals surface area contributed by atoms with Gasteiger partial charge in [0.15, 0.2) is 0 Å². The molecule has 9 nitrogen and oxygen atoms in total. The summed E-state index contributed by atoms with van der Waals surface area (Å²) in [4.78, 5) is 36.0. The maximum Gasteiger partial charge on any atom is 0.405 e. The molecule has 124 valence electrons. The molecule has 1 aliphatic rings. The minimum absolute atomic E-state index is 0.111. The number of hydrogen-bond acceptors (Lipinski definition) is 6. The van der Waals surface area contributed by atoms with E-state index in [1.165, 1.54) is 17.0 Å². The number of phenols is 1. The van der Waals surface area contributed by atoms with Gasteiger partial charge in [-0.3, -0.25) is 9.59 Å². The summed E-state index contributed by atoms with van der Waals surface area (Å²) in [6.07, 6.45) is -2.54. The zero-order valence-corrected chi connectivity index (χ0v) is 12.1. The number of aliphatic hydroxyl groups excluding tert-OH is 1. The quantitative estimate of drug-likeness (QED) is 0.535. The molecule has 23 heavy (non-hydrogen) atoms. The van der Waals surface area contributed by atoms with Gasteiger partial charge in [0, 0.05) is 13.1 Å². The van der Waals surface area contributed by atoms with E-state index in [0.717, 1.165) is 0 Å². The molecule has 1 aromatic carbocycles. The Hall–Kier alpha value is -2.81. The summed E-state index contributed by atoms with van der Waals surface area (Å²) in [5, 5.41) is 21.2. The molecule has 1 fully saturated rings. The third-order valence-electron chi connectivity index (χ3n) is 3.37. The average molecular weight is 323 g/mol. The van der Waals surface area contributed by atoms with Crippen molar-refractivity contribution in [2.75, 3.05) is 19.7 Å². The number of carbonyl (C=O) groups is 3. The predicted octanol–water partition coefficient (Wildman–Crippen LogP) is -1.21. The van der Waals surface area contributed by atoms with Crippen LogP contribution in [0.3, 0.4) is 0 Å². The first-order valence-corrected chi connectivity index (χ1v) is 6.87. The van der Waals surface area contributed by atoms with Crippen LogP contribution in [0, 0.1) is 0 Å². The van der Waals surface area contributed by atoms with Crippen molar-refractivity contribution in [3.63, 3.8) is 0 Å². The Morgan fingerprint density at radius 1 is 1.35 bits per heavy atom. The fraction of sp³-hybridized carbons (Fsp3) is 0.357. The molecule has 0 bridgehead atoms. The molecule has 2 rings (SSSR count). The molecular weight excluding hydrogens is 306 g/mol. The molecule has 1 atom stereocenters. The van der Waals surface area contributed by atoms with Crippen LogP contribution in [-0.4, -0.2) is 64.9 Å². The van der Waals surface area contributed by atoms with Crippen molar-refractivity contribution < 1.29 is 29.3 Å². The molecule has 0 radical (unpaired) electrons. The van der Waals surface area contributed by atoms with Crippen LogP contribution in [0.25, 0.3) is 0 Å². The van der Waals surface area contributed by atoms with Gasteiger partial charge in [-0.25, -0.2) is 4.79 Å². The van der Waals surface area contributed by atoms with Crippen LogP contribution in [-0.2, 0) is 9.53 Å². The zero-order valence-electron chi connectivity index (χ0n) is 12.1. The van der Waals surface area contributed by atoms with Crippen molar-refractivity contribution >= 4 is 17.9 Å². The van der Waals surface area contributed by atoms with Crippen LogP contribution in [0.1, 0.15) is 10.4 Å². The lowest BCUT2D eigenvalue weighted by molar-refractivity contribution is -0.133. The summed E-state index contributed by atoms with van der Waals surface area (Å²) < 4.78 is 4.45. The van der Waals surface area contributed by atoms with Crippen molar-refractivity contribution in [1.29, 1.82) is 0 Å². The van der Waals surface area contributed by atoms with Gasteiger partial charge >= 0.3 is 6.09 Å². The van der Waals surface area contributed by atoms with Gasteiger partial charge in [-0.05, 0) is 12.1 Å². The number of aromatic hydroxyl groups is 1. The number of amides is 3. The molecule has 1 aliphatic heterocycles. The number of phenolic OH excluding ortho intramolecular Hbond substituents is 1. The first-order valence-electron chi connectivity index (χ1n) is 6.87. The minimum Gasteiger partial charge on any atom is -0.507 e. The molecule has 5 N–H and O–H groups in total. The van der Waals surface area contributed by atoms with Crippen LogP contribution in [0.4, 0.5) is 4.79 Å². The van der Waals surface area contributed by atoms with E-state index in [9.17, 15) is 19.5 Å². The van der Waals surface area contributed by atoms with Crippen LogP contribution in [0.5, 0.6) is 5.75 Å². The molecule has 1 saturated heterocycles. The fourth-order valence-corrected chi connectivity index (χ4v) is 2.17. The lowest BCUT2D eigenvalue weighted by atomic mass is 10.1. The highest BCUT2D eigenvalue weighted by atomic mass is 16.6. The van der Waals surface area contributed by atoms with Crippen LogP contribution in [0.2, 0.25) is 0 Å². The smallest absolute Gasteiger partial charge is 0.405 e. The van der Waals surface area contributed by atoms with Gasteiger partial charge in [0.2, 0.25) is 6.10 Å². The molecule has 0 saturated carbocycles. The van der Waals surface area contributed by atoms with Crippen LogP contribution < -0.4 is 11.1 Å². The second-order valence-electron chi connectivity index (χ2n) is 5.04. The third kappa shape index (κ3) is 3.89. The monoisotopic (exact) mass is 323 g/mol. The molecule has 0 spiro atoms. The maximum atomic E-state index is 12.1. The molecule has 1 aromatic rings. The summed E-state index contributed by atoms with van der Waals surface area (Å²) in [5.74, 6) is -1.15. The van der Waals surface area contributed by atoms with Gasteiger partial charge in [0.05, 0.1) is 18.2 Å². The SMILES string of the molecule is NC(=O)OC(CO)C(=O)NC1CN(C(=O)c2ccccc2O)C1. The zero-order chi connectivity index (χ0) is 17.0. The number of hydrogen-bond donors (Lipinski definition) is 4. The number of nitrogens with one attached hydrogen (secondary N) is 1.